The van der Waals surface area contributed by atoms with Crippen molar-refractivity contribution >= 4 is 39.9 Å². The molecule has 3 rings (SSSR count). The molecule has 0 spiro atoms. The highest BCUT2D eigenvalue weighted by Crippen LogP contribution is 2.26. The quantitative estimate of drug-likeness (QED) is 0.757. The Hall–Kier alpha value is -0.900. The van der Waals surface area contributed by atoms with Crippen LogP contribution in [0.25, 0.3) is 0 Å². The van der Waals surface area contributed by atoms with Gasteiger partial charge in [-0.1, -0.05) is 11.6 Å². The molecule has 0 aromatic heterocycles. The van der Waals surface area contributed by atoms with Crippen molar-refractivity contribution in [3.8, 4) is 0 Å². The summed E-state index contributed by atoms with van der Waals surface area (Å²) in [6, 6.07) is 4.26. The molecule has 1 aromatic carbocycles. The molecule has 140 valence electrons. The third kappa shape index (κ3) is 4.45. The number of primary amides is 1. The molecule has 1 unspecified atom stereocenters. The van der Waals surface area contributed by atoms with E-state index in [-0.39, 0.29) is 33.9 Å². The molecule has 0 aliphatic carbocycles. The molecule has 0 radical (unpaired) electrons. The lowest BCUT2D eigenvalue weighted by atomic mass is 10.2. The van der Waals surface area contributed by atoms with Crippen molar-refractivity contribution in [2.24, 2.45) is 5.73 Å². The molecule has 25 heavy (non-hydrogen) atoms. The van der Waals surface area contributed by atoms with E-state index in [1.54, 1.807) is 0 Å². The van der Waals surface area contributed by atoms with Crippen LogP contribution < -0.4 is 11.1 Å². The maximum absolute atomic E-state index is 12.9. The fourth-order valence-electron chi connectivity index (χ4n) is 3.28. The van der Waals surface area contributed by atoms with Gasteiger partial charge in [-0.2, -0.15) is 4.31 Å². The first-order chi connectivity index (χ1) is 11.4. The van der Waals surface area contributed by atoms with Gasteiger partial charge in [0.15, 0.2) is 0 Å². The van der Waals surface area contributed by atoms with Crippen LogP contribution in [0.3, 0.4) is 0 Å². The average Bonchev–Trinajstić information content (AvgIpc) is 3.06. The Kier molecular flexibility index (Phi) is 6.69. The minimum Gasteiger partial charge on any atom is -0.366 e. The van der Waals surface area contributed by atoms with Crippen molar-refractivity contribution in [1.82, 2.24) is 14.5 Å². The van der Waals surface area contributed by atoms with Crippen molar-refractivity contribution in [2.75, 3.05) is 39.3 Å². The number of hydrogen-bond acceptors (Lipinski definition) is 5. The minimum atomic E-state index is -3.69. The summed E-state index contributed by atoms with van der Waals surface area (Å²) in [7, 11) is -3.69. The number of nitrogens with zero attached hydrogens (tertiary/aromatic N) is 2. The second-order valence-corrected chi connectivity index (χ2v) is 8.51. The molecule has 1 aromatic rings. The summed E-state index contributed by atoms with van der Waals surface area (Å²) < 4.78 is 27.2. The fraction of sp³-hybridized carbons (Fsp3) is 0.533. The van der Waals surface area contributed by atoms with Gasteiger partial charge in [0.25, 0.3) is 0 Å². The summed E-state index contributed by atoms with van der Waals surface area (Å²) in [5.74, 6) is -0.700. The maximum Gasteiger partial charge on any atom is 0.248 e. The maximum atomic E-state index is 12.9. The SMILES string of the molecule is Cl.NC(=O)c1cc(Cl)cc(S(=O)(=O)N2CCC(N3CCNCC3)C2)c1. The zero-order chi connectivity index (χ0) is 17.3. The smallest absolute Gasteiger partial charge is 0.248 e. The van der Waals surface area contributed by atoms with Crippen LogP contribution in [0.5, 0.6) is 0 Å². The van der Waals surface area contributed by atoms with Crippen LogP contribution >= 0.6 is 24.0 Å². The minimum absolute atomic E-state index is 0. The number of halogens is 2. The van der Waals surface area contributed by atoms with Crippen molar-refractivity contribution in [3.05, 3.63) is 28.8 Å². The number of carbonyl (C=O) groups is 1. The summed E-state index contributed by atoms with van der Waals surface area (Å²) in [6.07, 6.45) is 0.808. The van der Waals surface area contributed by atoms with Gasteiger partial charge in [0.05, 0.1) is 4.90 Å². The van der Waals surface area contributed by atoms with Gasteiger partial charge in [0, 0.05) is 55.9 Å². The van der Waals surface area contributed by atoms with E-state index in [1.807, 2.05) is 0 Å². The lowest BCUT2D eigenvalue weighted by Gasteiger charge is -2.32. The number of benzene rings is 1. The summed E-state index contributed by atoms with van der Waals surface area (Å²) in [4.78, 5) is 13.7. The Labute approximate surface area is 158 Å². The molecule has 2 fully saturated rings. The van der Waals surface area contributed by atoms with Gasteiger partial charge in [-0.15, -0.1) is 12.4 Å². The predicted octanol–water partition coefficient (Wildman–Crippen LogP) is 0.529. The van der Waals surface area contributed by atoms with Gasteiger partial charge < -0.3 is 11.1 Å². The molecule has 2 aliphatic heterocycles. The Morgan fingerprint density at radius 2 is 1.88 bits per heavy atom. The van der Waals surface area contributed by atoms with Gasteiger partial charge in [0.2, 0.25) is 15.9 Å². The highest BCUT2D eigenvalue weighted by atomic mass is 35.5. The van der Waals surface area contributed by atoms with Crippen molar-refractivity contribution in [2.45, 2.75) is 17.4 Å². The normalized spacial score (nSPS) is 22.5. The van der Waals surface area contributed by atoms with E-state index in [4.69, 9.17) is 17.3 Å². The lowest BCUT2D eigenvalue weighted by molar-refractivity contribution is 0.1000. The number of carbonyl (C=O) groups excluding carboxylic acids is 1. The van der Waals surface area contributed by atoms with Gasteiger partial charge in [-0.3, -0.25) is 9.69 Å². The van der Waals surface area contributed by atoms with Gasteiger partial charge in [-0.25, -0.2) is 8.42 Å². The van der Waals surface area contributed by atoms with Crippen molar-refractivity contribution < 1.29 is 13.2 Å². The Morgan fingerprint density at radius 3 is 2.52 bits per heavy atom. The summed E-state index contributed by atoms with van der Waals surface area (Å²) in [5.41, 5.74) is 5.35. The fourth-order valence-corrected chi connectivity index (χ4v) is 5.14. The first kappa shape index (κ1) is 20.4. The monoisotopic (exact) mass is 408 g/mol. The number of rotatable bonds is 4. The zero-order valence-electron chi connectivity index (χ0n) is 13.7. The Morgan fingerprint density at radius 1 is 1.20 bits per heavy atom. The van der Waals surface area contributed by atoms with E-state index in [9.17, 15) is 13.2 Å². The van der Waals surface area contributed by atoms with Gasteiger partial charge >= 0.3 is 0 Å². The third-order valence-corrected chi connectivity index (χ3v) is 6.65. The number of nitrogens with two attached hydrogens (primary N) is 1. The summed E-state index contributed by atoms with van der Waals surface area (Å²) in [6.45, 7) is 4.65. The van der Waals surface area contributed by atoms with Crippen LogP contribution in [-0.2, 0) is 10.0 Å². The Balaban J connectivity index is 0.00000225. The topological polar surface area (TPSA) is 95.7 Å². The molecule has 2 heterocycles. The van der Waals surface area contributed by atoms with Crippen LogP contribution in [0.15, 0.2) is 23.1 Å². The van der Waals surface area contributed by atoms with E-state index >= 15 is 0 Å². The molecule has 7 nitrogen and oxygen atoms in total. The predicted molar refractivity (Wildman–Crippen MR) is 98.8 cm³/mol. The van der Waals surface area contributed by atoms with Crippen LogP contribution in [-0.4, -0.2) is 68.8 Å². The van der Waals surface area contributed by atoms with Crippen LogP contribution in [0.2, 0.25) is 5.02 Å². The molecular formula is C15H22Cl2N4O3S. The lowest BCUT2D eigenvalue weighted by Crippen LogP contribution is -2.49. The number of hydrogen-bond donors (Lipinski definition) is 2. The van der Waals surface area contributed by atoms with E-state index in [0.29, 0.717) is 13.1 Å². The molecule has 10 heteroatoms. The molecule has 1 atom stereocenters. The van der Waals surface area contributed by atoms with Crippen LogP contribution in [0.1, 0.15) is 16.8 Å². The van der Waals surface area contributed by atoms with E-state index in [0.717, 1.165) is 32.6 Å². The van der Waals surface area contributed by atoms with E-state index in [2.05, 4.69) is 10.2 Å². The number of sulfonamides is 1. The molecule has 2 saturated heterocycles. The van der Waals surface area contributed by atoms with Crippen LogP contribution in [0, 0.1) is 0 Å². The molecule has 3 N–H and O–H groups in total. The average molecular weight is 409 g/mol. The second kappa shape index (κ2) is 8.20. The van der Waals surface area contributed by atoms with Crippen molar-refractivity contribution in [3.63, 3.8) is 0 Å². The van der Waals surface area contributed by atoms with Gasteiger partial charge in [-0.05, 0) is 24.6 Å². The highest BCUT2D eigenvalue weighted by Gasteiger charge is 2.35. The van der Waals surface area contributed by atoms with Crippen LogP contribution in [0.4, 0.5) is 0 Å². The zero-order valence-corrected chi connectivity index (χ0v) is 16.0. The van der Waals surface area contributed by atoms with E-state index < -0.39 is 15.9 Å². The first-order valence-corrected chi connectivity index (χ1v) is 9.75. The van der Waals surface area contributed by atoms with Crippen molar-refractivity contribution in [1.29, 1.82) is 0 Å². The Bertz CT molecular complexity index is 738. The van der Waals surface area contributed by atoms with E-state index in [1.165, 1.54) is 22.5 Å². The molecule has 1 amide bonds. The molecular weight excluding hydrogens is 387 g/mol. The highest BCUT2D eigenvalue weighted by molar-refractivity contribution is 7.89. The molecule has 0 bridgehead atoms. The first-order valence-electron chi connectivity index (χ1n) is 7.93. The summed E-state index contributed by atoms with van der Waals surface area (Å²) >= 11 is 5.95. The summed E-state index contributed by atoms with van der Waals surface area (Å²) in [5, 5.41) is 3.48. The molecule has 2 aliphatic rings. The third-order valence-electron chi connectivity index (χ3n) is 4.59. The number of amides is 1. The standard InChI is InChI=1S/C15H21ClN4O3S.ClH/c16-12-7-11(15(17)21)8-14(9-12)24(22,23)20-4-1-13(10-20)19-5-2-18-3-6-19;/h7-9,13,18H,1-6,10H2,(H2,17,21);1H. The second-order valence-electron chi connectivity index (χ2n) is 6.13. The number of nitrogens with one attached hydrogen (secondary N) is 1. The van der Waals surface area contributed by atoms with Gasteiger partial charge in [0.1, 0.15) is 0 Å². The number of piperazine rings is 1. The molecule has 0 saturated carbocycles. The largest absolute Gasteiger partial charge is 0.366 e.